The average Bonchev–Trinajstić information content (AvgIpc) is 2.49. The lowest BCUT2D eigenvalue weighted by Crippen LogP contribution is -2.67. The summed E-state index contributed by atoms with van der Waals surface area (Å²) in [6.45, 7) is 3.67. The number of hydrogen-bond donors (Lipinski definition) is 2. The van der Waals surface area contributed by atoms with E-state index in [-0.39, 0.29) is 23.3 Å². The Bertz CT molecular complexity index is 692. The van der Waals surface area contributed by atoms with Gasteiger partial charge in [0.1, 0.15) is 0 Å². The molecule has 25 heavy (non-hydrogen) atoms. The van der Waals surface area contributed by atoms with Gasteiger partial charge in [-0.1, -0.05) is 29.8 Å². The van der Waals surface area contributed by atoms with Gasteiger partial charge in [0.2, 0.25) is 5.91 Å². The van der Waals surface area contributed by atoms with E-state index in [2.05, 4.69) is 36.5 Å². The molecule has 1 aromatic rings. The summed E-state index contributed by atoms with van der Waals surface area (Å²) in [7, 11) is 0. The summed E-state index contributed by atoms with van der Waals surface area (Å²) < 4.78 is 0. The largest absolute Gasteiger partial charge is 0.481 e. The maximum absolute atomic E-state index is 11.8. The van der Waals surface area contributed by atoms with Crippen LogP contribution in [-0.4, -0.2) is 22.5 Å². The fraction of sp³-hybridized carbons (Fsp3) is 0.619. The Morgan fingerprint density at radius 1 is 1.12 bits per heavy atom. The van der Waals surface area contributed by atoms with E-state index >= 15 is 0 Å². The second kappa shape index (κ2) is 5.58. The van der Waals surface area contributed by atoms with Crippen LogP contribution in [0, 0.1) is 24.7 Å². The first-order valence-corrected chi connectivity index (χ1v) is 9.41. The van der Waals surface area contributed by atoms with E-state index in [9.17, 15) is 14.7 Å². The fourth-order valence-electron chi connectivity index (χ4n) is 6.60. The van der Waals surface area contributed by atoms with Crippen molar-refractivity contribution in [3.8, 4) is 0 Å². The lowest BCUT2D eigenvalue weighted by molar-refractivity contribution is -0.149. The number of carbonyl (C=O) groups excluding carboxylic acids is 1. The van der Waals surface area contributed by atoms with Gasteiger partial charge in [-0.05, 0) is 62.3 Å². The summed E-state index contributed by atoms with van der Waals surface area (Å²) in [6, 6.07) is 8.50. The van der Waals surface area contributed by atoms with Gasteiger partial charge in [-0.15, -0.1) is 0 Å². The molecule has 4 nitrogen and oxygen atoms in total. The molecule has 134 valence electrons. The van der Waals surface area contributed by atoms with Gasteiger partial charge in [0.05, 0.1) is 6.42 Å². The van der Waals surface area contributed by atoms with E-state index in [0.717, 1.165) is 32.1 Å². The standard InChI is InChI=1S/C21H27NO3/c1-13-3-5-16(6-4-13)21(12-19(24)25)17-7-15-8-18(21)11-20(9-15,10-17)22-14(2)23/h3-6,15,17-18H,7-12H2,1-2H3,(H,22,23)(H,24,25)/t15?,17?,18?,20-,21-. The molecule has 5 rings (SSSR count). The quantitative estimate of drug-likeness (QED) is 0.882. The molecule has 0 saturated heterocycles. The van der Waals surface area contributed by atoms with E-state index < -0.39 is 5.97 Å². The van der Waals surface area contributed by atoms with Crippen LogP contribution in [0.2, 0.25) is 0 Å². The van der Waals surface area contributed by atoms with E-state index in [1.165, 1.54) is 11.1 Å². The van der Waals surface area contributed by atoms with Crippen molar-refractivity contribution < 1.29 is 14.7 Å². The predicted octanol–water partition coefficient (Wildman–Crippen LogP) is 3.42. The Labute approximate surface area is 149 Å². The molecular formula is C21H27NO3. The molecule has 4 aliphatic rings. The number of rotatable bonds is 4. The molecule has 1 amide bonds. The van der Waals surface area contributed by atoms with Crippen molar-refractivity contribution >= 4 is 11.9 Å². The van der Waals surface area contributed by atoms with Crippen LogP contribution in [0.3, 0.4) is 0 Å². The molecule has 0 aromatic heterocycles. The highest BCUT2D eigenvalue weighted by Crippen LogP contribution is 2.65. The van der Waals surface area contributed by atoms with Crippen LogP contribution >= 0.6 is 0 Å². The van der Waals surface area contributed by atoms with Crippen molar-refractivity contribution in [3.05, 3.63) is 35.4 Å². The van der Waals surface area contributed by atoms with Crippen LogP contribution < -0.4 is 5.32 Å². The van der Waals surface area contributed by atoms with Crippen LogP contribution in [0.1, 0.15) is 56.6 Å². The molecular weight excluding hydrogens is 314 g/mol. The molecule has 0 heterocycles. The van der Waals surface area contributed by atoms with Gasteiger partial charge in [-0.2, -0.15) is 0 Å². The molecule has 2 N–H and O–H groups in total. The van der Waals surface area contributed by atoms with Crippen LogP contribution in [0.4, 0.5) is 0 Å². The lowest BCUT2D eigenvalue weighted by atomic mass is 9.41. The van der Waals surface area contributed by atoms with Crippen molar-refractivity contribution in [1.29, 1.82) is 0 Å². The molecule has 4 aliphatic carbocycles. The SMILES string of the molecule is CC(=O)N[C@]12CC3CC(C1)[C@@](CC(=O)O)(c1ccc(C)cc1)C(C3)C2. The number of aryl methyl sites for hydroxylation is 1. The zero-order valence-corrected chi connectivity index (χ0v) is 15.0. The molecule has 4 heteroatoms. The molecule has 1 aromatic carbocycles. The monoisotopic (exact) mass is 341 g/mol. The number of nitrogens with one attached hydrogen (secondary N) is 1. The molecule has 4 fully saturated rings. The maximum atomic E-state index is 11.8. The van der Waals surface area contributed by atoms with Crippen LogP contribution in [0.25, 0.3) is 0 Å². The Morgan fingerprint density at radius 3 is 2.24 bits per heavy atom. The van der Waals surface area contributed by atoms with Crippen molar-refractivity contribution in [2.45, 2.75) is 63.3 Å². The molecule has 4 bridgehead atoms. The Balaban J connectivity index is 1.77. The van der Waals surface area contributed by atoms with Crippen molar-refractivity contribution in [1.82, 2.24) is 5.32 Å². The molecule has 4 saturated carbocycles. The van der Waals surface area contributed by atoms with Gasteiger partial charge >= 0.3 is 5.97 Å². The fourth-order valence-corrected chi connectivity index (χ4v) is 6.60. The normalized spacial score (nSPS) is 38.6. The van der Waals surface area contributed by atoms with Gasteiger partial charge < -0.3 is 10.4 Å². The van der Waals surface area contributed by atoms with Crippen molar-refractivity contribution in [3.63, 3.8) is 0 Å². The van der Waals surface area contributed by atoms with Gasteiger partial charge in [0, 0.05) is 17.9 Å². The summed E-state index contributed by atoms with van der Waals surface area (Å²) in [6.07, 6.45) is 5.30. The highest BCUT2D eigenvalue weighted by atomic mass is 16.4. The molecule has 2 atom stereocenters. The summed E-state index contributed by atoms with van der Waals surface area (Å²) in [4.78, 5) is 23.6. The number of carbonyl (C=O) groups is 2. The third-order valence-corrected chi connectivity index (χ3v) is 7.12. The Morgan fingerprint density at radius 2 is 1.72 bits per heavy atom. The van der Waals surface area contributed by atoms with Crippen LogP contribution in [-0.2, 0) is 15.0 Å². The van der Waals surface area contributed by atoms with Gasteiger partial charge in [0.15, 0.2) is 0 Å². The van der Waals surface area contributed by atoms with Gasteiger partial charge in [-0.3, -0.25) is 9.59 Å². The molecule has 2 unspecified atom stereocenters. The van der Waals surface area contributed by atoms with E-state index in [1.54, 1.807) is 6.92 Å². The topological polar surface area (TPSA) is 66.4 Å². The number of amides is 1. The van der Waals surface area contributed by atoms with Crippen LogP contribution in [0.5, 0.6) is 0 Å². The molecule has 0 aliphatic heterocycles. The van der Waals surface area contributed by atoms with Crippen molar-refractivity contribution in [2.75, 3.05) is 0 Å². The van der Waals surface area contributed by atoms with E-state index in [1.807, 2.05) is 0 Å². The number of aliphatic carboxylic acids is 1. The van der Waals surface area contributed by atoms with E-state index in [4.69, 9.17) is 0 Å². The van der Waals surface area contributed by atoms with Crippen molar-refractivity contribution in [2.24, 2.45) is 17.8 Å². The summed E-state index contributed by atoms with van der Waals surface area (Å²) >= 11 is 0. The summed E-state index contributed by atoms with van der Waals surface area (Å²) in [5, 5.41) is 13.0. The minimum atomic E-state index is -0.707. The van der Waals surface area contributed by atoms with Crippen LogP contribution in [0.15, 0.2) is 24.3 Å². The third-order valence-electron chi connectivity index (χ3n) is 7.12. The van der Waals surface area contributed by atoms with Gasteiger partial charge in [-0.25, -0.2) is 0 Å². The first-order valence-electron chi connectivity index (χ1n) is 9.41. The number of hydrogen-bond acceptors (Lipinski definition) is 2. The maximum Gasteiger partial charge on any atom is 0.304 e. The van der Waals surface area contributed by atoms with Gasteiger partial charge in [0.25, 0.3) is 0 Å². The summed E-state index contributed by atoms with van der Waals surface area (Å²) in [5.41, 5.74) is 2.01. The first-order chi connectivity index (χ1) is 11.8. The van der Waals surface area contributed by atoms with E-state index in [0.29, 0.717) is 17.8 Å². The minimum Gasteiger partial charge on any atom is -0.481 e. The number of carboxylic acids is 1. The molecule has 0 radical (unpaired) electrons. The average molecular weight is 341 g/mol. The molecule has 0 spiro atoms. The zero-order chi connectivity index (χ0) is 17.8. The highest BCUT2D eigenvalue weighted by Gasteiger charge is 2.63. The predicted molar refractivity (Wildman–Crippen MR) is 95.2 cm³/mol. The third kappa shape index (κ3) is 2.57. The summed E-state index contributed by atoms with van der Waals surface area (Å²) in [5.74, 6) is 0.633. The smallest absolute Gasteiger partial charge is 0.304 e. The number of carboxylic acid groups (broad SMARTS) is 1. The minimum absolute atomic E-state index is 0.0427. The second-order valence-electron chi connectivity index (χ2n) is 8.78. The second-order valence-corrected chi connectivity index (χ2v) is 8.78. The number of benzene rings is 1. The Kier molecular flexibility index (Phi) is 3.71. The zero-order valence-electron chi connectivity index (χ0n) is 15.0. The first kappa shape index (κ1) is 16.6. The Hall–Kier alpha value is -1.84. The lowest BCUT2D eigenvalue weighted by Gasteiger charge is -2.65. The highest BCUT2D eigenvalue weighted by molar-refractivity contribution is 5.74.